The average Bonchev–Trinajstić information content (AvgIpc) is 2.35. The summed E-state index contributed by atoms with van der Waals surface area (Å²) in [6, 6.07) is 13.6. The molecule has 0 amide bonds. The lowest BCUT2D eigenvalue weighted by atomic mass is 9.99. The smallest absolute Gasteiger partial charge is 0.168 e. The summed E-state index contributed by atoms with van der Waals surface area (Å²) in [6.07, 6.45) is 0.392. The van der Waals surface area contributed by atoms with Crippen LogP contribution in [0.3, 0.4) is 0 Å². The van der Waals surface area contributed by atoms with Crippen LogP contribution in [0.2, 0.25) is 5.02 Å². The molecule has 18 heavy (non-hydrogen) atoms. The van der Waals surface area contributed by atoms with Gasteiger partial charge in [-0.05, 0) is 31.0 Å². The van der Waals surface area contributed by atoms with E-state index in [1.54, 1.807) is 0 Å². The van der Waals surface area contributed by atoms with Gasteiger partial charge in [-0.3, -0.25) is 4.79 Å². The molecule has 2 aromatic rings. The number of rotatable bonds is 3. The van der Waals surface area contributed by atoms with Crippen LogP contribution in [0.15, 0.2) is 42.5 Å². The van der Waals surface area contributed by atoms with Crippen LogP contribution in [0.4, 0.5) is 0 Å². The van der Waals surface area contributed by atoms with Gasteiger partial charge in [0.25, 0.3) is 0 Å². The monoisotopic (exact) mass is 258 g/mol. The molecule has 0 atom stereocenters. The molecule has 2 aromatic carbocycles. The standard InChI is InChI=1S/C16H15ClO/c1-11-8-12(2)16(17)14(9-11)15(18)10-13-6-4-3-5-7-13/h3-9H,10H2,1-2H3. The fourth-order valence-electron chi connectivity index (χ4n) is 2.03. The zero-order valence-electron chi connectivity index (χ0n) is 10.5. The molecule has 0 saturated heterocycles. The lowest BCUT2D eigenvalue weighted by molar-refractivity contribution is 0.0993. The molecule has 1 nitrogen and oxygen atoms in total. The largest absolute Gasteiger partial charge is 0.294 e. The summed E-state index contributed by atoms with van der Waals surface area (Å²) in [5.41, 5.74) is 3.65. The number of halogens is 1. The Bertz CT molecular complexity index is 573. The third kappa shape index (κ3) is 2.80. The molecule has 0 bridgehead atoms. The van der Waals surface area contributed by atoms with Crippen LogP contribution in [0, 0.1) is 13.8 Å². The molecule has 0 saturated carbocycles. The molecule has 0 aliphatic rings. The third-order valence-electron chi connectivity index (χ3n) is 2.91. The molecule has 0 aliphatic heterocycles. The zero-order chi connectivity index (χ0) is 13.1. The lowest BCUT2D eigenvalue weighted by Gasteiger charge is -2.08. The van der Waals surface area contributed by atoms with Gasteiger partial charge in [0.2, 0.25) is 0 Å². The van der Waals surface area contributed by atoms with Crippen LogP contribution in [-0.2, 0) is 6.42 Å². The zero-order valence-corrected chi connectivity index (χ0v) is 11.3. The highest BCUT2D eigenvalue weighted by Crippen LogP contribution is 2.24. The van der Waals surface area contributed by atoms with Crippen molar-refractivity contribution in [2.24, 2.45) is 0 Å². The molecule has 0 aliphatic carbocycles. The lowest BCUT2D eigenvalue weighted by Crippen LogP contribution is -2.05. The maximum absolute atomic E-state index is 12.3. The van der Waals surface area contributed by atoms with Crippen LogP contribution >= 0.6 is 11.6 Å². The Morgan fingerprint density at radius 2 is 1.78 bits per heavy atom. The van der Waals surface area contributed by atoms with E-state index in [4.69, 9.17) is 11.6 Å². The summed E-state index contributed by atoms with van der Waals surface area (Å²) in [5, 5.41) is 0.571. The molecule has 0 radical (unpaired) electrons. The van der Waals surface area contributed by atoms with E-state index >= 15 is 0 Å². The van der Waals surface area contributed by atoms with E-state index in [2.05, 4.69) is 0 Å². The molecule has 0 fully saturated rings. The number of hydrogen-bond donors (Lipinski definition) is 0. The highest BCUT2D eigenvalue weighted by atomic mass is 35.5. The fraction of sp³-hybridized carbons (Fsp3) is 0.188. The Kier molecular flexibility index (Phi) is 3.83. The van der Waals surface area contributed by atoms with Crippen LogP contribution in [0.25, 0.3) is 0 Å². The Hall–Kier alpha value is -1.60. The minimum Gasteiger partial charge on any atom is -0.294 e. The van der Waals surface area contributed by atoms with Gasteiger partial charge in [0.05, 0.1) is 5.02 Å². The first-order valence-electron chi connectivity index (χ1n) is 5.92. The van der Waals surface area contributed by atoms with Gasteiger partial charge in [0.15, 0.2) is 5.78 Å². The van der Waals surface area contributed by atoms with E-state index in [0.29, 0.717) is 17.0 Å². The number of carbonyl (C=O) groups excluding carboxylic acids is 1. The highest BCUT2D eigenvalue weighted by Gasteiger charge is 2.13. The molecule has 0 unspecified atom stereocenters. The van der Waals surface area contributed by atoms with E-state index in [9.17, 15) is 4.79 Å². The van der Waals surface area contributed by atoms with Crippen molar-refractivity contribution < 1.29 is 4.79 Å². The van der Waals surface area contributed by atoms with Crippen LogP contribution < -0.4 is 0 Å². The molecule has 0 N–H and O–H groups in total. The molecule has 0 aromatic heterocycles. The first-order chi connectivity index (χ1) is 8.58. The predicted octanol–water partition coefficient (Wildman–Crippen LogP) is 4.38. The Morgan fingerprint density at radius 3 is 2.44 bits per heavy atom. The van der Waals surface area contributed by atoms with Gasteiger partial charge in [0, 0.05) is 12.0 Å². The van der Waals surface area contributed by atoms with Crippen LogP contribution in [0.1, 0.15) is 27.0 Å². The Balaban J connectivity index is 2.30. The van der Waals surface area contributed by atoms with Gasteiger partial charge in [0.1, 0.15) is 0 Å². The molecule has 92 valence electrons. The second kappa shape index (κ2) is 5.36. The quantitative estimate of drug-likeness (QED) is 0.747. The minimum absolute atomic E-state index is 0.0676. The SMILES string of the molecule is Cc1cc(C)c(Cl)c(C(=O)Cc2ccccc2)c1. The van der Waals surface area contributed by atoms with Crippen molar-refractivity contribution in [3.8, 4) is 0 Å². The molecular weight excluding hydrogens is 244 g/mol. The molecule has 0 spiro atoms. The van der Waals surface area contributed by atoms with Gasteiger partial charge < -0.3 is 0 Å². The highest BCUT2D eigenvalue weighted by molar-refractivity contribution is 6.34. The number of Topliss-reactive ketones (excluding diaryl/α,β-unsaturated/α-hetero) is 1. The van der Waals surface area contributed by atoms with Crippen molar-refractivity contribution in [2.45, 2.75) is 20.3 Å². The number of benzene rings is 2. The van der Waals surface area contributed by atoms with Gasteiger partial charge in [-0.1, -0.05) is 53.6 Å². The van der Waals surface area contributed by atoms with Crippen molar-refractivity contribution >= 4 is 17.4 Å². The van der Waals surface area contributed by atoms with Crippen molar-refractivity contribution in [1.82, 2.24) is 0 Å². The second-order valence-electron chi connectivity index (χ2n) is 4.53. The van der Waals surface area contributed by atoms with Crippen LogP contribution in [0.5, 0.6) is 0 Å². The van der Waals surface area contributed by atoms with E-state index < -0.39 is 0 Å². The van der Waals surface area contributed by atoms with E-state index in [-0.39, 0.29) is 5.78 Å². The first-order valence-corrected chi connectivity index (χ1v) is 6.29. The average molecular weight is 259 g/mol. The number of carbonyl (C=O) groups is 1. The summed E-state index contributed by atoms with van der Waals surface area (Å²) in [7, 11) is 0. The van der Waals surface area contributed by atoms with E-state index in [1.165, 1.54) is 0 Å². The number of hydrogen-bond acceptors (Lipinski definition) is 1. The van der Waals surface area contributed by atoms with Crippen molar-refractivity contribution in [3.05, 3.63) is 69.7 Å². The summed E-state index contributed by atoms with van der Waals surface area (Å²) in [5.74, 6) is 0.0676. The number of aryl methyl sites for hydroxylation is 2. The molecule has 2 heteroatoms. The topological polar surface area (TPSA) is 17.1 Å². The summed E-state index contributed by atoms with van der Waals surface area (Å²) < 4.78 is 0. The summed E-state index contributed by atoms with van der Waals surface area (Å²) in [4.78, 5) is 12.3. The van der Waals surface area contributed by atoms with Gasteiger partial charge >= 0.3 is 0 Å². The van der Waals surface area contributed by atoms with Gasteiger partial charge in [-0.25, -0.2) is 0 Å². The second-order valence-corrected chi connectivity index (χ2v) is 4.91. The van der Waals surface area contributed by atoms with Crippen LogP contribution in [-0.4, -0.2) is 5.78 Å². The van der Waals surface area contributed by atoms with Crippen molar-refractivity contribution in [3.63, 3.8) is 0 Å². The first kappa shape index (κ1) is 12.8. The molecule has 2 rings (SSSR count). The normalized spacial score (nSPS) is 10.4. The van der Waals surface area contributed by atoms with Crippen molar-refractivity contribution in [2.75, 3.05) is 0 Å². The Labute approximate surface area is 112 Å². The maximum atomic E-state index is 12.3. The molecular formula is C16H15ClO. The fourth-order valence-corrected chi connectivity index (χ4v) is 2.24. The predicted molar refractivity (Wildman–Crippen MR) is 75.4 cm³/mol. The minimum atomic E-state index is 0.0676. The molecule has 0 heterocycles. The summed E-state index contributed by atoms with van der Waals surface area (Å²) in [6.45, 7) is 3.90. The van der Waals surface area contributed by atoms with E-state index in [1.807, 2.05) is 56.3 Å². The third-order valence-corrected chi connectivity index (χ3v) is 3.41. The maximum Gasteiger partial charge on any atom is 0.168 e. The van der Waals surface area contributed by atoms with Crippen molar-refractivity contribution in [1.29, 1.82) is 0 Å². The van der Waals surface area contributed by atoms with Gasteiger partial charge in [-0.2, -0.15) is 0 Å². The number of ketones is 1. The Morgan fingerprint density at radius 1 is 1.11 bits per heavy atom. The van der Waals surface area contributed by atoms with E-state index in [0.717, 1.165) is 16.7 Å². The summed E-state index contributed by atoms with van der Waals surface area (Å²) >= 11 is 6.21. The van der Waals surface area contributed by atoms with Gasteiger partial charge in [-0.15, -0.1) is 0 Å².